The Morgan fingerprint density at radius 2 is 2.00 bits per heavy atom. The van der Waals surface area contributed by atoms with Crippen molar-refractivity contribution >= 4 is 15.9 Å². The number of amides is 1. The number of methoxy groups -OCH3 is 1. The van der Waals surface area contributed by atoms with Crippen LogP contribution in [0.3, 0.4) is 0 Å². The van der Waals surface area contributed by atoms with E-state index in [9.17, 15) is 17.6 Å². The van der Waals surface area contributed by atoms with Gasteiger partial charge in [-0.2, -0.15) is 0 Å². The number of halogens is 1. The van der Waals surface area contributed by atoms with Crippen molar-refractivity contribution < 1.29 is 22.3 Å². The third-order valence-electron chi connectivity index (χ3n) is 3.09. The molecule has 2 rings (SSSR count). The zero-order chi connectivity index (χ0) is 17.0. The third kappa shape index (κ3) is 4.27. The summed E-state index contributed by atoms with van der Waals surface area (Å²) in [5.74, 6) is -0.899. The number of benzene rings is 2. The predicted octanol–water partition coefficient (Wildman–Crippen LogP) is 1.41. The highest BCUT2D eigenvalue weighted by atomic mass is 32.2. The Balaban J connectivity index is 2.15. The fraction of sp³-hybridized carbons (Fsp3) is 0.133. The first-order valence-electron chi connectivity index (χ1n) is 6.55. The molecule has 0 bridgehead atoms. The molecule has 0 spiro atoms. The number of hydrogen-bond donors (Lipinski definition) is 2. The first kappa shape index (κ1) is 16.9. The average Bonchev–Trinajstić information content (AvgIpc) is 2.52. The average molecular weight is 338 g/mol. The normalized spacial score (nSPS) is 11.1. The van der Waals surface area contributed by atoms with Gasteiger partial charge in [-0.1, -0.05) is 12.1 Å². The molecular weight excluding hydrogens is 323 g/mol. The summed E-state index contributed by atoms with van der Waals surface area (Å²) >= 11 is 0. The number of carbonyl (C=O) groups is 1. The van der Waals surface area contributed by atoms with Crippen molar-refractivity contribution in [3.8, 4) is 5.75 Å². The van der Waals surface area contributed by atoms with Crippen LogP contribution < -0.4 is 15.2 Å². The number of nitrogens with one attached hydrogen (secondary N) is 1. The van der Waals surface area contributed by atoms with Crippen LogP contribution in [0.1, 0.15) is 15.9 Å². The number of hydrogen-bond acceptors (Lipinski definition) is 4. The van der Waals surface area contributed by atoms with Crippen LogP contribution in [0.4, 0.5) is 4.39 Å². The van der Waals surface area contributed by atoms with Gasteiger partial charge in [0, 0.05) is 12.1 Å². The molecule has 0 aliphatic carbocycles. The van der Waals surface area contributed by atoms with Gasteiger partial charge < -0.3 is 10.1 Å². The Bertz CT molecular complexity index is 837. The molecule has 0 heterocycles. The largest absolute Gasteiger partial charge is 0.497 e. The molecule has 6 nitrogen and oxygen atoms in total. The Labute approximate surface area is 133 Å². The zero-order valence-corrected chi connectivity index (χ0v) is 13.1. The van der Waals surface area contributed by atoms with Crippen molar-refractivity contribution in [2.45, 2.75) is 11.4 Å². The summed E-state index contributed by atoms with van der Waals surface area (Å²) < 4.78 is 41.1. The lowest BCUT2D eigenvalue weighted by atomic mass is 10.2. The van der Waals surface area contributed by atoms with Crippen LogP contribution in [0.5, 0.6) is 5.75 Å². The summed E-state index contributed by atoms with van der Waals surface area (Å²) in [5, 5.41) is 7.52. The highest BCUT2D eigenvalue weighted by Crippen LogP contribution is 2.16. The highest BCUT2D eigenvalue weighted by Gasteiger charge is 2.17. The molecule has 0 aromatic heterocycles. The molecule has 3 N–H and O–H groups in total. The Morgan fingerprint density at radius 1 is 1.26 bits per heavy atom. The molecule has 0 aliphatic heterocycles. The molecule has 0 unspecified atom stereocenters. The monoisotopic (exact) mass is 338 g/mol. The summed E-state index contributed by atoms with van der Waals surface area (Å²) in [7, 11) is -2.70. The van der Waals surface area contributed by atoms with Crippen LogP contribution in [0.15, 0.2) is 47.4 Å². The van der Waals surface area contributed by atoms with Crippen LogP contribution in [-0.4, -0.2) is 21.4 Å². The number of sulfonamides is 1. The smallest absolute Gasteiger partial charge is 0.251 e. The van der Waals surface area contributed by atoms with Crippen molar-refractivity contribution in [1.29, 1.82) is 0 Å². The summed E-state index contributed by atoms with van der Waals surface area (Å²) in [6, 6.07) is 10.1. The van der Waals surface area contributed by atoms with Crippen LogP contribution in [-0.2, 0) is 16.6 Å². The second-order valence-electron chi connectivity index (χ2n) is 4.72. The van der Waals surface area contributed by atoms with Gasteiger partial charge in [-0.15, -0.1) is 0 Å². The van der Waals surface area contributed by atoms with E-state index in [0.29, 0.717) is 5.75 Å². The van der Waals surface area contributed by atoms with Gasteiger partial charge >= 0.3 is 0 Å². The van der Waals surface area contributed by atoms with E-state index in [4.69, 9.17) is 9.88 Å². The topological polar surface area (TPSA) is 98.5 Å². The molecule has 0 radical (unpaired) electrons. The van der Waals surface area contributed by atoms with E-state index in [1.165, 1.54) is 13.2 Å². The minimum Gasteiger partial charge on any atom is -0.497 e. The minimum atomic E-state index is -4.24. The molecule has 2 aromatic carbocycles. The Morgan fingerprint density at radius 3 is 2.65 bits per heavy atom. The van der Waals surface area contributed by atoms with E-state index in [1.54, 1.807) is 24.3 Å². The molecule has 0 aliphatic rings. The zero-order valence-electron chi connectivity index (χ0n) is 12.2. The van der Waals surface area contributed by atoms with E-state index >= 15 is 0 Å². The summed E-state index contributed by atoms with van der Waals surface area (Å²) in [6.07, 6.45) is 0. The van der Waals surface area contributed by atoms with Gasteiger partial charge in [0.25, 0.3) is 5.91 Å². The standard InChI is InChI=1S/C15H15FN2O4S/c1-22-12-4-2-3-10(7-12)9-18-15(19)11-5-6-13(16)14(8-11)23(17,20)21/h2-8H,9H2,1H3,(H,18,19)(H2,17,20,21). The maximum atomic E-state index is 13.5. The van der Waals surface area contributed by atoms with Gasteiger partial charge in [-0.3, -0.25) is 4.79 Å². The molecule has 122 valence electrons. The lowest BCUT2D eigenvalue weighted by molar-refractivity contribution is 0.0950. The first-order chi connectivity index (χ1) is 10.8. The summed E-state index contributed by atoms with van der Waals surface area (Å²) in [4.78, 5) is 11.3. The van der Waals surface area contributed by atoms with Gasteiger partial charge in [0.1, 0.15) is 16.5 Å². The van der Waals surface area contributed by atoms with Gasteiger partial charge in [0.05, 0.1) is 7.11 Å². The van der Waals surface area contributed by atoms with E-state index in [0.717, 1.165) is 17.7 Å². The van der Waals surface area contributed by atoms with Crippen molar-refractivity contribution in [2.75, 3.05) is 7.11 Å². The number of primary sulfonamides is 1. The number of carbonyl (C=O) groups excluding carboxylic acids is 1. The van der Waals surface area contributed by atoms with Crippen molar-refractivity contribution in [1.82, 2.24) is 5.32 Å². The molecule has 1 amide bonds. The molecule has 23 heavy (non-hydrogen) atoms. The Kier molecular flexibility index (Phi) is 4.97. The maximum Gasteiger partial charge on any atom is 0.251 e. The van der Waals surface area contributed by atoms with E-state index in [-0.39, 0.29) is 12.1 Å². The van der Waals surface area contributed by atoms with Gasteiger partial charge in [0.15, 0.2) is 0 Å². The van der Waals surface area contributed by atoms with Crippen LogP contribution in [0, 0.1) is 5.82 Å². The third-order valence-corrected chi connectivity index (χ3v) is 4.01. The molecule has 2 aromatic rings. The van der Waals surface area contributed by atoms with E-state index < -0.39 is 26.6 Å². The first-order valence-corrected chi connectivity index (χ1v) is 8.09. The van der Waals surface area contributed by atoms with Gasteiger partial charge in [-0.25, -0.2) is 17.9 Å². The van der Waals surface area contributed by atoms with Crippen LogP contribution >= 0.6 is 0 Å². The molecule has 0 atom stereocenters. The van der Waals surface area contributed by atoms with E-state index in [2.05, 4.69) is 5.32 Å². The fourth-order valence-electron chi connectivity index (χ4n) is 1.93. The maximum absolute atomic E-state index is 13.5. The van der Waals surface area contributed by atoms with Crippen LogP contribution in [0.25, 0.3) is 0 Å². The molecular formula is C15H15FN2O4S. The number of ether oxygens (including phenoxy) is 1. The van der Waals surface area contributed by atoms with Crippen molar-refractivity contribution in [3.63, 3.8) is 0 Å². The number of nitrogens with two attached hydrogens (primary N) is 1. The molecule has 0 saturated heterocycles. The minimum absolute atomic E-state index is 0.00155. The summed E-state index contributed by atoms with van der Waals surface area (Å²) in [5.41, 5.74) is 0.796. The van der Waals surface area contributed by atoms with Crippen molar-refractivity contribution in [3.05, 3.63) is 59.4 Å². The molecule has 8 heteroatoms. The highest BCUT2D eigenvalue weighted by molar-refractivity contribution is 7.89. The van der Waals surface area contributed by atoms with Crippen LogP contribution in [0.2, 0.25) is 0 Å². The SMILES string of the molecule is COc1cccc(CNC(=O)c2ccc(F)c(S(N)(=O)=O)c2)c1. The Hall–Kier alpha value is -2.45. The lowest BCUT2D eigenvalue weighted by Gasteiger charge is -2.08. The second kappa shape index (κ2) is 6.76. The van der Waals surface area contributed by atoms with Crippen molar-refractivity contribution in [2.24, 2.45) is 5.14 Å². The van der Waals surface area contributed by atoms with Gasteiger partial charge in [0.2, 0.25) is 10.0 Å². The summed E-state index contributed by atoms with van der Waals surface area (Å²) in [6.45, 7) is 0.206. The fourth-order valence-corrected chi connectivity index (χ4v) is 2.56. The molecule has 0 fully saturated rings. The predicted molar refractivity (Wildman–Crippen MR) is 81.9 cm³/mol. The number of rotatable bonds is 5. The van der Waals surface area contributed by atoms with Gasteiger partial charge in [-0.05, 0) is 35.9 Å². The second-order valence-corrected chi connectivity index (χ2v) is 6.25. The van der Waals surface area contributed by atoms with E-state index in [1.807, 2.05) is 0 Å². The molecule has 0 saturated carbocycles. The lowest BCUT2D eigenvalue weighted by Crippen LogP contribution is -2.23. The quantitative estimate of drug-likeness (QED) is 0.861.